The van der Waals surface area contributed by atoms with E-state index in [2.05, 4.69) is 15.1 Å². The molecule has 0 bridgehead atoms. The quantitative estimate of drug-likeness (QED) is 0.834. The monoisotopic (exact) mass is 298 g/mol. The number of sulfonamides is 1. The Morgan fingerprint density at radius 1 is 1.30 bits per heavy atom. The van der Waals surface area contributed by atoms with Crippen molar-refractivity contribution >= 4 is 15.7 Å². The number of hydrogen-bond acceptors (Lipinski definition) is 5. The van der Waals surface area contributed by atoms with Crippen LogP contribution in [0.15, 0.2) is 23.4 Å². The van der Waals surface area contributed by atoms with E-state index in [4.69, 9.17) is 0 Å². The molecule has 1 aromatic heterocycles. The fourth-order valence-corrected chi connectivity index (χ4v) is 3.45. The molecule has 0 saturated carbocycles. The van der Waals surface area contributed by atoms with E-state index < -0.39 is 10.0 Å². The van der Waals surface area contributed by atoms with Crippen molar-refractivity contribution in [1.29, 1.82) is 0 Å². The van der Waals surface area contributed by atoms with Gasteiger partial charge in [-0.05, 0) is 25.3 Å². The molecular formula is C13H22N4O2S. The number of nitrogens with zero attached hydrogens (tertiary/aromatic N) is 2. The fraction of sp³-hybridized carbons (Fsp3) is 0.615. The Morgan fingerprint density at radius 2 is 2.05 bits per heavy atom. The first kappa shape index (κ1) is 15.2. The molecule has 112 valence electrons. The highest BCUT2D eigenvalue weighted by molar-refractivity contribution is 7.89. The van der Waals surface area contributed by atoms with Gasteiger partial charge in [-0.1, -0.05) is 13.3 Å². The molecule has 0 atom stereocenters. The maximum atomic E-state index is 12.5. The van der Waals surface area contributed by atoms with Crippen molar-refractivity contribution in [2.75, 3.05) is 25.0 Å². The van der Waals surface area contributed by atoms with E-state index in [0.717, 1.165) is 45.3 Å². The summed E-state index contributed by atoms with van der Waals surface area (Å²) in [5.41, 5.74) is 0.603. The van der Waals surface area contributed by atoms with Crippen LogP contribution < -0.4 is 10.1 Å². The van der Waals surface area contributed by atoms with Gasteiger partial charge >= 0.3 is 0 Å². The number of hydrogen-bond donors (Lipinski definition) is 2. The van der Waals surface area contributed by atoms with Crippen LogP contribution in [0.2, 0.25) is 0 Å². The van der Waals surface area contributed by atoms with Gasteiger partial charge in [-0.2, -0.15) is 0 Å². The van der Waals surface area contributed by atoms with Crippen LogP contribution in [0.25, 0.3) is 0 Å². The zero-order valence-corrected chi connectivity index (χ0v) is 12.6. The lowest BCUT2D eigenvalue weighted by molar-refractivity contribution is 0.200. The van der Waals surface area contributed by atoms with Crippen molar-refractivity contribution in [2.45, 2.75) is 37.5 Å². The van der Waals surface area contributed by atoms with Gasteiger partial charge in [-0.25, -0.2) is 13.4 Å². The first-order valence-corrected chi connectivity index (χ1v) is 8.57. The lowest BCUT2D eigenvalue weighted by Gasteiger charge is -2.26. The number of anilines is 1. The Morgan fingerprint density at radius 3 is 2.75 bits per heavy atom. The Labute approximate surface area is 120 Å². The Hall–Kier alpha value is -1.18. The summed E-state index contributed by atoms with van der Waals surface area (Å²) in [6.07, 6.45) is 7.13. The number of pyridine rings is 1. The molecule has 1 aromatic rings. The highest BCUT2D eigenvalue weighted by Gasteiger charge is 2.22. The predicted octanol–water partition coefficient (Wildman–Crippen LogP) is 1.58. The van der Waals surface area contributed by atoms with Gasteiger partial charge in [0.25, 0.3) is 10.0 Å². The summed E-state index contributed by atoms with van der Waals surface area (Å²) in [6, 6.07) is 1.69. The van der Waals surface area contributed by atoms with Gasteiger partial charge in [0.1, 0.15) is 4.90 Å². The van der Waals surface area contributed by atoms with Crippen molar-refractivity contribution in [3.63, 3.8) is 0 Å². The Bertz CT molecular complexity index is 527. The van der Waals surface area contributed by atoms with Crippen LogP contribution in [0, 0.1) is 0 Å². The van der Waals surface area contributed by atoms with E-state index in [9.17, 15) is 8.42 Å². The van der Waals surface area contributed by atoms with Gasteiger partial charge in [0, 0.05) is 32.0 Å². The molecular weight excluding hydrogens is 276 g/mol. The number of piperidine rings is 1. The third-order valence-electron chi connectivity index (χ3n) is 3.24. The topological polar surface area (TPSA) is 74.3 Å². The smallest absolute Gasteiger partial charge is 0.257 e. The summed E-state index contributed by atoms with van der Waals surface area (Å²) < 4.78 is 24.9. The van der Waals surface area contributed by atoms with Gasteiger partial charge in [-0.3, -0.25) is 4.98 Å². The molecule has 7 heteroatoms. The van der Waals surface area contributed by atoms with Crippen molar-refractivity contribution < 1.29 is 8.42 Å². The first-order valence-electron chi connectivity index (χ1n) is 7.09. The number of rotatable bonds is 6. The summed E-state index contributed by atoms with van der Waals surface area (Å²) >= 11 is 0. The Kier molecular flexibility index (Phi) is 5.33. The van der Waals surface area contributed by atoms with Gasteiger partial charge in [0.2, 0.25) is 0 Å². The molecule has 0 aliphatic carbocycles. The van der Waals surface area contributed by atoms with Crippen molar-refractivity contribution in [1.82, 2.24) is 14.8 Å². The van der Waals surface area contributed by atoms with Crippen LogP contribution in [-0.2, 0) is 10.0 Å². The second-order valence-corrected chi connectivity index (χ2v) is 6.57. The van der Waals surface area contributed by atoms with Crippen molar-refractivity contribution in [3.8, 4) is 0 Å². The van der Waals surface area contributed by atoms with E-state index in [1.807, 2.05) is 6.92 Å². The molecule has 0 amide bonds. The van der Waals surface area contributed by atoms with Crippen LogP contribution in [0.5, 0.6) is 0 Å². The van der Waals surface area contributed by atoms with Crippen LogP contribution in [0.4, 0.5) is 5.69 Å². The minimum absolute atomic E-state index is 0.207. The highest BCUT2D eigenvalue weighted by atomic mass is 32.2. The summed E-state index contributed by atoms with van der Waals surface area (Å²) in [5, 5.41) is 4.90. The van der Waals surface area contributed by atoms with Gasteiger partial charge < -0.3 is 5.32 Å². The normalized spacial score (nSPS) is 17.1. The summed E-state index contributed by atoms with van der Waals surface area (Å²) in [5.74, 6) is 0. The van der Waals surface area contributed by atoms with Gasteiger partial charge in [0.15, 0.2) is 0 Å². The number of hydrazine groups is 1. The summed E-state index contributed by atoms with van der Waals surface area (Å²) in [6.45, 7) is 4.29. The van der Waals surface area contributed by atoms with E-state index in [0.29, 0.717) is 5.69 Å². The average molecular weight is 298 g/mol. The van der Waals surface area contributed by atoms with Crippen LogP contribution in [-0.4, -0.2) is 38.0 Å². The maximum absolute atomic E-state index is 12.5. The number of nitrogens with one attached hydrogen (secondary N) is 2. The molecule has 1 saturated heterocycles. The minimum Gasteiger partial charge on any atom is -0.384 e. The molecule has 0 unspecified atom stereocenters. The molecule has 0 radical (unpaired) electrons. The molecule has 2 N–H and O–H groups in total. The van der Waals surface area contributed by atoms with E-state index in [1.165, 1.54) is 6.20 Å². The predicted molar refractivity (Wildman–Crippen MR) is 78.8 cm³/mol. The molecule has 1 fully saturated rings. The number of aromatic nitrogens is 1. The van der Waals surface area contributed by atoms with Crippen LogP contribution in [0.1, 0.15) is 32.6 Å². The molecule has 1 aliphatic rings. The standard InChI is InChI=1S/C13H22N4O2S/c1-2-7-15-12-6-8-14-11-13(12)20(18,19)16-17-9-4-3-5-10-17/h6,8,11,16H,2-5,7,9-10H2,1H3,(H,14,15). The third kappa shape index (κ3) is 3.91. The molecule has 1 aliphatic heterocycles. The first-order chi connectivity index (χ1) is 9.63. The van der Waals surface area contributed by atoms with Crippen molar-refractivity contribution in [3.05, 3.63) is 18.5 Å². The van der Waals surface area contributed by atoms with Gasteiger partial charge in [0.05, 0.1) is 5.69 Å². The SMILES string of the molecule is CCCNc1ccncc1S(=O)(=O)NN1CCCCC1. The lowest BCUT2D eigenvalue weighted by Crippen LogP contribution is -2.45. The van der Waals surface area contributed by atoms with Crippen molar-refractivity contribution in [2.24, 2.45) is 0 Å². The van der Waals surface area contributed by atoms with E-state index in [-0.39, 0.29) is 4.90 Å². The lowest BCUT2D eigenvalue weighted by atomic mass is 10.2. The Balaban J connectivity index is 2.15. The largest absolute Gasteiger partial charge is 0.384 e. The summed E-state index contributed by atoms with van der Waals surface area (Å²) in [4.78, 5) is 6.80. The van der Waals surface area contributed by atoms with Crippen LogP contribution in [0.3, 0.4) is 0 Å². The zero-order chi connectivity index (χ0) is 14.4. The average Bonchev–Trinajstić information content (AvgIpc) is 2.46. The van der Waals surface area contributed by atoms with E-state index in [1.54, 1.807) is 17.3 Å². The molecule has 6 nitrogen and oxygen atoms in total. The van der Waals surface area contributed by atoms with E-state index >= 15 is 0 Å². The molecule has 2 heterocycles. The second kappa shape index (κ2) is 7.01. The minimum atomic E-state index is -3.57. The second-order valence-electron chi connectivity index (χ2n) is 4.94. The molecule has 20 heavy (non-hydrogen) atoms. The van der Waals surface area contributed by atoms with Gasteiger partial charge in [-0.15, -0.1) is 4.83 Å². The van der Waals surface area contributed by atoms with Crippen LogP contribution >= 0.6 is 0 Å². The third-order valence-corrected chi connectivity index (χ3v) is 4.65. The molecule has 2 rings (SSSR count). The fourth-order valence-electron chi connectivity index (χ4n) is 2.20. The highest BCUT2D eigenvalue weighted by Crippen LogP contribution is 2.20. The molecule has 0 spiro atoms. The molecule has 0 aromatic carbocycles. The maximum Gasteiger partial charge on any atom is 0.257 e. The summed E-state index contributed by atoms with van der Waals surface area (Å²) in [7, 11) is -3.57. The zero-order valence-electron chi connectivity index (χ0n) is 11.8.